The third-order valence-corrected chi connectivity index (χ3v) is 6.91. The fourth-order valence-electron chi connectivity index (χ4n) is 5.06. The van der Waals surface area contributed by atoms with Gasteiger partial charge in [0.1, 0.15) is 5.82 Å². The number of aromatic nitrogens is 1. The van der Waals surface area contributed by atoms with Crippen molar-refractivity contribution in [3.8, 4) is 0 Å². The van der Waals surface area contributed by atoms with Crippen molar-refractivity contribution in [3.63, 3.8) is 0 Å². The first-order chi connectivity index (χ1) is 16.0. The van der Waals surface area contributed by atoms with Crippen LogP contribution >= 0.6 is 0 Å². The molecule has 33 heavy (non-hydrogen) atoms. The van der Waals surface area contributed by atoms with E-state index in [2.05, 4.69) is 9.88 Å². The summed E-state index contributed by atoms with van der Waals surface area (Å²) in [5.41, 5.74) is 1.83. The van der Waals surface area contributed by atoms with Crippen molar-refractivity contribution in [1.82, 2.24) is 14.8 Å². The van der Waals surface area contributed by atoms with Crippen LogP contribution in [0.5, 0.6) is 0 Å². The minimum absolute atomic E-state index is 0.101. The highest BCUT2D eigenvalue weighted by Gasteiger charge is 2.41. The van der Waals surface area contributed by atoms with E-state index in [0.717, 1.165) is 0 Å². The minimum Gasteiger partial charge on any atom is -0.370 e. The van der Waals surface area contributed by atoms with Gasteiger partial charge in [-0.05, 0) is 18.2 Å². The topological polar surface area (TPSA) is 75.2 Å². The number of pyridine rings is 1. The van der Waals surface area contributed by atoms with Crippen molar-refractivity contribution in [2.75, 3.05) is 57.4 Å². The van der Waals surface area contributed by atoms with Crippen molar-refractivity contribution < 1.29 is 23.5 Å². The monoisotopic (exact) mass is 456 g/mol. The van der Waals surface area contributed by atoms with Crippen molar-refractivity contribution >= 4 is 28.4 Å². The van der Waals surface area contributed by atoms with Crippen LogP contribution in [0.4, 0.5) is 10.1 Å². The summed E-state index contributed by atoms with van der Waals surface area (Å²) in [4.78, 5) is 35.8. The number of piperidine rings is 1. The summed E-state index contributed by atoms with van der Waals surface area (Å²) in [5, 5.41) is 0.629. The van der Waals surface area contributed by atoms with Gasteiger partial charge in [0, 0.05) is 70.1 Å². The normalized spacial score (nSPS) is 20.6. The van der Waals surface area contributed by atoms with Crippen molar-refractivity contribution in [3.05, 3.63) is 35.8 Å². The maximum Gasteiger partial charge on any atom is 0.257 e. The predicted molar refractivity (Wildman–Crippen MR) is 121 cm³/mol. The van der Waals surface area contributed by atoms with Crippen molar-refractivity contribution in [2.45, 2.75) is 32.0 Å². The van der Waals surface area contributed by atoms with Crippen LogP contribution in [0.2, 0.25) is 0 Å². The number of rotatable bonds is 3. The number of carbonyl (C=O) groups excluding carboxylic acids is 2. The number of benzene rings is 1. The molecule has 3 aliphatic rings. The average molecular weight is 457 g/mol. The second-order valence-electron chi connectivity index (χ2n) is 8.80. The molecule has 0 bridgehead atoms. The summed E-state index contributed by atoms with van der Waals surface area (Å²) in [5.74, 6) is -0.945. The Hall–Kier alpha value is -2.78. The lowest BCUT2D eigenvalue weighted by atomic mass is 9.99. The van der Waals surface area contributed by atoms with Gasteiger partial charge in [0.15, 0.2) is 5.79 Å². The summed E-state index contributed by atoms with van der Waals surface area (Å²) in [6.45, 7) is 6.28. The molecule has 2 amide bonds. The Morgan fingerprint density at radius 2 is 1.70 bits per heavy atom. The molecule has 4 heterocycles. The highest BCUT2D eigenvalue weighted by molar-refractivity contribution is 6.07. The quantitative estimate of drug-likeness (QED) is 0.706. The molecule has 8 nitrogen and oxygen atoms in total. The molecule has 3 fully saturated rings. The number of amides is 2. The largest absolute Gasteiger partial charge is 0.370 e. The summed E-state index contributed by atoms with van der Waals surface area (Å²) in [6.07, 6.45) is 3.42. The number of ether oxygens (including phenoxy) is 2. The molecule has 9 heteroatoms. The van der Waals surface area contributed by atoms with E-state index in [4.69, 9.17) is 9.47 Å². The van der Waals surface area contributed by atoms with Gasteiger partial charge in [-0.2, -0.15) is 0 Å². The molecular weight excluding hydrogens is 427 g/mol. The third kappa shape index (κ3) is 4.15. The summed E-state index contributed by atoms with van der Waals surface area (Å²) < 4.78 is 26.0. The number of hydrogen-bond acceptors (Lipinski definition) is 6. The second kappa shape index (κ2) is 8.87. The lowest BCUT2D eigenvalue weighted by molar-refractivity contribution is -0.169. The highest BCUT2D eigenvalue weighted by Crippen LogP contribution is 2.37. The SMILES string of the molecule is CCC(=O)N1CCN(C(=O)c2cnc3ccc(F)cc3c2N2CCC3(CC2)OCCO3)CC1. The van der Waals surface area contributed by atoms with Gasteiger partial charge in [-0.15, -0.1) is 0 Å². The van der Waals surface area contributed by atoms with Gasteiger partial charge in [-0.1, -0.05) is 6.92 Å². The summed E-state index contributed by atoms with van der Waals surface area (Å²) in [6, 6.07) is 4.49. The van der Waals surface area contributed by atoms with Gasteiger partial charge in [0.05, 0.1) is 30.0 Å². The predicted octanol–water partition coefficient (Wildman–Crippen LogP) is 2.41. The van der Waals surface area contributed by atoms with E-state index < -0.39 is 5.79 Å². The molecule has 3 saturated heterocycles. The van der Waals surface area contributed by atoms with E-state index in [1.807, 2.05) is 6.92 Å². The molecule has 0 saturated carbocycles. The zero-order valence-corrected chi connectivity index (χ0v) is 18.9. The molecule has 5 rings (SSSR count). The van der Waals surface area contributed by atoms with Crippen LogP contribution in [-0.4, -0.2) is 84.9 Å². The maximum atomic E-state index is 14.2. The molecule has 1 aromatic heterocycles. The molecule has 0 radical (unpaired) electrons. The Morgan fingerprint density at radius 1 is 1.03 bits per heavy atom. The standard InChI is InChI=1S/C24H29FN4O4/c1-2-21(30)27-9-11-29(12-10-27)23(31)19-16-26-20-4-3-17(25)15-18(20)22(19)28-7-5-24(6-8-28)32-13-14-33-24/h3-4,15-16H,2,5-14H2,1H3. The fourth-order valence-corrected chi connectivity index (χ4v) is 5.06. The van der Waals surface area contributed by atoms with E-state index in [1.165, 1.54) is 12.1 Å². The molecule has 0 aliphatic carbocycles. The van der Waals surface area contributed by atoms with E-state index in [0.29, 0.717) is 93.9 Å². The van der Waals surface area contributed by atoms with Crippen LogP contribution in [0.1, 0.15) is 36.5 Å². The smallest absolute Gasteiger partial charge is 0.257 e. The van der Waals surface area contributed by atoms with Crippen molar-refractivity contribution in [1.29, 1.82) is 0 Å². The molecule has 2 aromatic rings. The highest BCUT2D eigenvalue weighted by atomic mass is 19.1. The maximum absolute atomic E-state index is 14.2. The van der Waals surface area contributed by atoms with Gasteiger partial charge in [0.25, 0.3) is 5.91 Å². The first-order valence-electron chi connectivity index (χ1n) is 11.7. The van der Waals surface area contributed by atoms with Gasteiger partial charge >= 0.3 is 0 Å². The van der Waals surface area contributed by atoms with E-state index in [9.17, 15) is 14.0 Å². The Kier molecular flexibility index (Phi) is 5.92. The van der Waals surface area contributed by atoms with Crippen LogP contribution in [0.3, 0.4) is 0 Å². The Labute approximate surface area is 192 Å². The molecule has 176 valence electrons. The summed E-state index contributed by atoms with van der Waals surface area (Å²) >= 11 is 0. The first kappa shape index (κ1) is 22.0. The van der Waals surface area contributed by atoms with Gasteiger partial charge in [0.2, 0.25) is 5.91 Å². The van der Waals surface area contributed by atoms with E-state index >= 15 is 0 Å². The van der Waals surface area contributed by atoms with Crippen molar-refractivity contribution in [2.24, 2.45) is 0 Å². The number of carbonyl (C=O) groups is 2. The molecular formula is C24H29FN4O4. The Bertz CT molecular complexity index is 1050. The molecule has 0 atom stereocenters. The fraction of sp³-hybridized carbons (Fsp3) is 0.542. The van der Waals surface area contributed by atoms with E-state index in [-0.39, 0.29) is 17.6 Å². The lowest BCUT2D eigenvalue weighted by Gasteiger charge is -2.40. The number of piperazine rings is 1. The third-order valence-electron chi connectivity index (χ3n) is 6.91. The van der Waals surface area contributed by atoms with Crippen LogP contribution in [0.15, 0.2) is 24.4 Å². The van der Waals surface area contributed by atoms with Gasteiger partial charge in [-0.3, -0.25) is 14.6 Å². The zero-order chi connectivity index (χ0) is 23.0. The van der Waals surface area contributed by atoms with E-state index in [1.54, 1.807) is 22.1 Å². The molecule has 3 aliphatic heterocycles. The van der Waals surface area contributed by atoms with Crippen LogP contribution in [-0.2, 0) is 14.3 Å². The number of hydrogen-bond donors (Lipinski definition) is 0. The number of nitrogens with zero attached hydrogens (tertiary/aromatic N) is 4. The molecule has 1 aromatic carbocycles. The van der Waals surface area contributed by atoms with Crippen LogP contribution in [0, 0.1) is 5.82 Å². The Balaban J connectivity index is 1.45. The number of halogens is 1. The molecule has 0 unspecified atom stereocenters. The zero-order valence-electron chi connectivity index (χ0n) is 18.9. The lowest BCUT2D eigenvalue weighted by Crippen LogP contribution is -2.51. The average Bonchev–Trinajstić information content (AvgIpc) is 3.31. The van der Waals surface area contributed by atoms with Gasteiger partial charge in [-0.25, -0.2) is 4.39 Å². The molecule has 1 spiro atoms. The van der Waals surface area contributed by atoms with Gasteiger partial charge < -0.3 is 24.2 Å². The summed E-state index contributed by atoms with van der Waals surface area (Å²) in [7, 11) is 0. The minimum atomic E-state index is -0.545. The Morgan fingerprint density at radius 3 is 2.36 bits per heavy atom. The van der Waals surface area contributed by atoms with Crippen LogP contribution in [0.25, 0.3) is 10.9 Å². The second-order valence-corrected chi connectivity index (χ2v) is 8.80. The number of fused-ring (bicyclic) bond motifs is 1. The molecule has 0 N–H and O–H groups in total. The number of anilines is 1. The van der Waals surface area contributed by atoms with Crippen LogP contribution < -0.4 is 4.90 Å². The first-order valence-corrected chi connectivity index (χ1v) is 11.7.